The number of rotatable bonds is 3. The fourth-order valence-corrected chi connectivity index (χ4v) is 4.19. The van der Waals surface area contributed by atoms with Gasteiger partial charge in [0.15, 0.2) is 17.2 Å². The van der Waals surface area contributed by atoms with Crippen molar-refractivity contribution in [2.75, 3.05) is 18.8 Å². The maximum Gasteiger partial charge on any atom is 0.275 e. The molecule has 0 bridgehead atoms. The number of hydrogen-bond acceptors (Lipinski definition) is 6. The molecule has 128 valence electrons. The number of piperidine rings is 1. The predicted octanol–water partition coefficient (Wildman–Crippen LogP) is 2.94. The zero-order valence-corrected chi connectivity index (χ0v) is 14.4. The monoisotopic (exact) mass is 354 g/mol. The standard InChI is InChI=1S/C18H18N4O2S/c19-17-21-15(11-25-17)18(13-4-2-1-3-5-13)6-8-22(9-7-18)16(23)14-10-24-12-20-14/h1-5,10-12H,6-9H2,(H2,19,21). The van der Waals surface area contributed by atoms with Gasteiger partial charge in [-0.1, -0.05) is 30.3 Å². The summed E-state index contributed by atoms with van der Waals surface area (Å²) >= 11 is 1.46. The van der Waals surface area contributed by atoms with Gasteiger partial charge >= 0.3 is 0 Å². The van der Waals surface area contributed by atoms with Gasteiger partial charge in [-0.3, -0.25) is 4.79 Å². The van der Waals surface area contributed by atoms with Crippen LogP contribution in [-0.2, 0) is 5.41 Å². The number of nitrogen functional groups attached to an aromatic ring is 1. The molecule has 0 unspecified atom stereocenters. The quantitative estimate of drug-likeness (QED) is 0.781. The average molecular weight is 354 g/mol. The number of thiazole rings is 1. The fourth-order valence-electron chi connectivity index (χ4n) is 3.53. The predicted molar refractivity (Wildman–Crippen MR) is 95.4 cm³/mol. The number of amides is 1. The van der Waals surface area contributed by atoms with Crippen LogP contribution in [0.1, 0.15) is 34.6 Å². The lowest BCUT2D eigenvalue weighted by atomic mass is 9.70. The number of benzene rings is 1. The van der Waals surface area contributed by atoms with Crippen LogP contribution >= 0.6 is 11.3 Å². The molecule has 1 aliphatic heterocycles. The Morgan fingerprint density at radius 2 is 2.00 bits per heavy atom. The van der Waals surface area contributed by atoms with E-state index in [9.17, 15) is 4.79 Å². The fraction of sp³-hybridized carbons (Fsp3) is 0.278. The van der Waals surface area contributed by atoms with Gasteiger partial charge < -0.3 is 15.1 Å². The number of nitrogens with zero attached hydrogens (tertiary/aromatic N) is 3. The lowest BCUT2D eigenvalue weighted by Gasteiger charge is -2.41. The van der Waals surface area contributed by atoms with E-state index in [1.165, 1.54) is 29.6 Å². The van der Waals surface area contributed by atoms with Crippen molar-refractivity contribution in [3.05, 3.63) is 65.3 Å². The van der Waals surface area contributed by atoms with Gasteiger partial charge in [-0.05, 0) is 18.4 Å². The van der Waals surface area contributed by atoms with Crippen LogP contribution in [0.4, 0.5) is 5.13 Å². The highest BCUT2D eigenvalue weighted by atomic mass is 32.1. The molecule has 1 fully saturated rings. The maximum absolute atomic E-state index is 12.5. The first-order valence-corrected chi connectivity index (χ1v) is 9.01. The third-order valence-corrected chi connectivity index (χ3v) is 5.57. The van der Waals surface area contributed by atoms with Crippen molar-refractivity contribution < 1.29 is 9.21 Å². The molecule has 2 N–H and O–H groups in total. The van der Waals surface area contributed by atoms with Crippen molar-refractivity contribution in [3.8, 4) is 0 Å². The topological polar surface area (TPSA) is 85.2 Å². The summed E-state index contributed by atoms with van der Waals surface area (Å²) in [4.78, 5) is 22.9. The second kappa shape index (κ2) is 6.33. The summed E-state index contributed by atoms with van der Waals surface area (Å²) in [6, 6.07) is 10.4. The highest BCUT2D eigenvalue weighted by Gasteiger charge is 2.41. The van der Waals surface area contributed by atoms with Gasteiger partial charge in [0.05, 0.1) is 5.69 Å². The van der Waals surface area contributed by atoms with E-state index < -0.39 is 0 Å². The summed E-state index contributed by atoms with van der Waals surface area (Å²) in [5.41, 5.74) is 8.24. The summed E-state index contributed by atoms with van der Waals surface area (Å²) in [6.07, 6.45) is 4.26. The lowest BCUT2D eigenvalue weighted by Crippen LogP contribution is -2.46. The SMILES string of the molecule is Nc1nc(C2(c3ccccc3)CCN(C(=O)c3cocn3)CC2)cs1. The number of nitrogens with two attached hydrogens (primary N) is 1. The number of oxazole rings is 1. The van der Waals surface area contributed by atoms with E-state index in [4.69, 9.17) is 10.2 Å². The molecule has 4 rings (SSSR count). The number of carbonyl (C=O) groups is 1. The molecule has 1 saturated heterocycles. The molecule has 6 nitrogen and oxygen atoms in total. The number of likely N-dealkylation sites (tertiary alicyclic amines) is 1. The highest BCUT2D eigenvalue weighted by molar-refractivity contribution is 7.13. The van der Waals surface area contributed by atoms with Crippen molar-refractivity contribution in [1.82, 2.24) is 14.9 Å². The molecule has 1 aromatic carbocycles. The first kappa shape index (κ1) is 15.8. The molecule has 0 radical (unpaired) electrons. The molecule has 1 aliphatic rings. The number of carbonyl (C=O) groups excluding carboxylic acids is 1. The van der Waals surface area contributed by atoms with Crippen molar-refractivity contribution in [1.29, 1.82) is 0 Å². The molecule has 25 heavy (non-hydrogen) atoms. The van der Waals surface area contributed by atoms with Crippen molar-refractivity contribution in [2.24, 2.45) is 0 Å². The van der Waals surface area contributed by atoms with Crippen LogP contribution in [0.15, 0.2) is 52.8 Å². The van der Waals surface area contributed by atoms with Crippen molar-refractivity contribution in [3.63, 3.8) is 0 Å². The van der Waals surface area contributed by atoms with Gasteiger partial charge in [0.25, 0.3) is 5.91 Å². The second-order valence-electron chi connectivity index (χ2n) is 6.18. The molecule has 0 aliphatic carbocycles. The van der Waals surface area contributed by atoms with Crippen LogP contribution in [0.5, 0.6) is 0 Å². The van der Waals surface area contributed by atoms with E-state index in [0.717, 1.165) is 18.5 Å². The van der Waals surface area contributed by atoms with Crippen LogP contribution in [-0.4, -0.2) is 33.9 Å². The second-order valence-corrected chi connectivity index (χ2v) is 7.07. The van der Waals surface area contributed by atoms with Gasteiger partial charge in [-0.15, -0.1) is 11.3 Å². The summed E-state index contributed by atoms with van der Waals surface area (Å²) < 4.78 is 4.93. The number of aromatic nitrogens is 2. The third kappa shape index (κ3) is 2.80. The van der Waals surface area contributed by atoms with E-state index in [1.807, 2.05) is 28.5 Å². The van der Waals surface area contributed by atoms with Crippen LogP contribution in [0.2, 0.25) is 0 Å². The van der Waals surface area contributed by atoms with Crippen LogP contribution in [0.3, 0.4) is 0 Å². The molecule has 7 heteroatoms. The van der Waals surface area contributed by atoms with E-state index in [2.05, 4.69) is 22.1 Å². The van der Waals surface area contributed by atoms with Gasteiger partial charge in [0, 0.05) is 23.9 Å². The Balaban J connectivity index is 1.63. The molecule has 2 aromatic heterocycles. The number of anilines is 1. The Kier molecular flexibility index (Phi) is 4.01. The van der Waals surface area contributed by atoms with E-state index in [-0.39, 0.29) is 11.3 Å². The molecule has 0 atom stereocenters. The molecule has 1 amide bonds. The molecule has 0 saturated carbocycles. The Hall–Kier alpha value is -2.67. The molecule has 0 spiro atoms. The molecular weight excluding hydrogens is 336 g/mol. The van der Waals surface area contributed by atoms with Gasteiger partial charge in [-0.25, -0.2) is 9.97 Å². The van der Waals surface area contributed by atoms with E-state index in [1.54, 1.807) is 0 Å². The molecule has 3 heterocycles. The summed E-state index contributed by atoms with van der Waals surface area (Å²) in [5, 5.41) is 2.61. The van der Waals surface area contributed by atoms with Crippen LogP contribution in [0.25, 0.3) is 0 Å². The van der Waals surface area contributed by atoms with Gasteiger partial charge in [0.2, 0.25) is 0 Å². The normalized spacial score (nSPS) is 16.7. The maximum atomic E-state index is 12.5. The highest BCUT2D eigenvalue weighted by Crippen LogP contribution is 2.42. The van der Waals surface area contributed by atoms with Crippen LogP contribution < -0.4 is 5.73 Å². The Bertz CT molecular complexity index is 852. The zero-order valence-electron chi connectivity index (χ0n) is 13.6. The average Bonchev–Trinajstić information content (AvgIpc) is 3.34. The smallest absolute Gasteiger partial charge is 0.275 e. The first-order chi connectivity index (χ1) is 12.2. The van der Waals surface area contributed by atoms with Gasteiger partial charge in [0.1, 0.15) is 6.26 Å². The Morgan fingerprint density at radius 3 is 2.60 bits per heavy atom. The molecular formula is C18H18N4O2S. The molecule has 3 aromatic rings. The first-order valence-electron chi connectivity index (χ1n) is 8.13. The third-order valence-electron chi connectivity index (χ3n) is 4.89. The Labute approximate surface area is 149 Å². The largest absolute Gasteiger partial charge is 0.451 e. The minimum atomic E-state index is -0.212. The summed E-state index contributed by atoms with van der Waals surface area (Å²) in [6.45, 7) is 1.27. The van der Waals surface area contributed by atoms with Crippen LogP contribution in [0, 0.1) is 0 Å². The van der Waals surface area contributed by atoms with E-state index >= 15 is 0 Å². The summed E-state index contributed by atoms with van der Waals surface area (Å²) in [5.74, 6) is -0.0896. The van der Waals surface area contributed by atoms with Gasteiger partial charge in [-0.2, -0.15) is 0 Å². The minimum Gasteiger partial charge on any atom is -0.451 e. The van der Waals surface area contributed by atoms with Crippen molar-refractivity contribution >= 4 is 22.4 Å². The number of hydrogen-bond donors (Lipinski definition) is 1. The summed E-state index contributed by atoms with van der Waals surface area (Å²) in [7, 11) is 0. The van der Waals surface area contributed by atoms with E-state index in [0.29, 0.717) is 23.9 Å². The Morgan fingerprint density at radius 1 is 1.24 bits per heavy atom. The zero-order chi connectivity index (χ0) is 17.3. The minimum absolute atomic E-state index is 0.0896. The van der Waals surface area contributed by atoms with Crippen molar-refractivity contribution in [2.45, 2.75) is 18.3 Å². The lowest BCUT2D eigenvalue weighted by molar-refractivity contribution is 0.0678.